The highest BCUT2D eigenvalue weighted by Crippen LogP contribution is 2.43. The Morgan fingerprint density at radius 1 is 0.541 bits per heavy atom. The molecule has 0 aromatic heterocycles. The summed E-state index contributed by atoms with van der Waals surface area (Å²) in [6.07, 6.45) is 56.7. The van der Waals surface area contributed by atoms with Crippen molar-refractivity contribution in [1.29, 1.82) is 0 Å². The van der Waals surface area contributed by atoms with Crippen molar-refractivity contribution >= 4 is 19.8 Å². The minimum atomic E-state index is -4.63. The summed E-state index contributed by atoms with van der Waals surface area (Å²) in [4.78, 5) is 33.6. The molecule has 0 aromatic carbocycles. The minimum Gasteiger partial charge on any atom is -0.480 e. The lowest BCUT2D eigenvalue weighted by atomic mass is 10.1. The average Bonchev–Trinajstić information content (AvgIpc) is 3.24. The first-order chi connectivity index (χ1) is 29.7. The van der Waals surface area contributed by atoms with Crippen molar-refractivity contribution in [2.24, 2.45) is 5.73 Å². The van der Waals surface area contributed by atoms with Gasteiger partial charge < -0.3 is 25.2 Å². The molecule has 0 rings (SSSR count). The molecular weight excluding hydrogens is 790 g/mol. The molecule has 0 amide bonds. The lowest BCUT2D eigenvalue weighted by Crippen LogP contribution is -2.34. The first-order valence-electron chi connectivity index (χ1n) is 24.0. The zero-order valence-corrected chi connectivity index (χ0v) is 39.4. The number of phosphoric ester groups is 1. The van der Waals surface area contributed by atoms with Gasteiger partial charge in [0.15, 0.2) is 0 Å². The molecular formula is C50H88NO9P. The van der Waals surface area contributed by atoms with E-state index in [4.69, 9.17) is 29.4 Å². The van der Waals surface area contributed by atoms with Crippen LogP contribution in [0.4, 0.5) is 0 Å². The summed E-state index contributed by atoms with van der Waals surface area (Å²) in [5.41, 5.74) is 5.36. The van der Waals surface area contributed by atoms with Gasteiger partial charge in [0.2, 0.25) is 0 Å². The first kappa shape index (κ1) is 58.4. The van der Waals surface area contributed by atoms with E-state index >= 15 is 0 Å². The molecule has 0 spiro atoms. The molecule has 61 heavy (non-hydrogen) atoms. The van der Waals surface area contributed by atoms with Crippen LogP contribution in [0.3, 0.4) is 0 Å². The van der Waals surface area contributed by atoms with Gasteiger partial charge in [0.05, 0.1) is 19.8 Å². The van der Waals surface area contributed by atoms with E-state index in [0.29, 0.717) is 13.0 Å². The third kappa shape index (κ3) is 45.3. The first-order valence-corrected chi connectivity index (χ1v) is 25.5. The van der Waals surface area contributed by atoms with Gasteiger partial charge in [-0.2, -0.15) is 0 Å². The van der Waals surface area contributed by atoms with Crippen molar-refractivity contribution in [2.75, 3.05) is 26.4 Å². The lowest BCUT2D eigenvalue weighted by molar-refractivity contribution is -0.154. The van der Waals surface area contributed by atoms with E-state index in [-0.39, 0.29) is 13.0 Å². The molecule has 0 saturated heterocycles. The summed E-state index contributed by atoms with van der Waals surface area (Å²) in [5, 5.41) is 8.92. The molecule has 0 fully saturated rings. The van der Waals surface area contributed by atoms with Crippen LogP contribution < -0.4 is 5.73 Å². The Morgan fingerprint density at radius 3 is 1.43 bits per heavy atom. The van der Waals surface area contributed by atoms with Crippen LogP contribution in [-0.4, -0.2) is 60.5 Å². The molecule has 0 heterocycles. The van der Waals surface area contributed by atoms with Gasteiger partial charge in [-0.1, -0.05) is 177 Å². The zero-order valence-electron chi connectivity index (χ0n) is 38.5. The van der Waals surface area contributed by atoms with E-state index in [1.54, 1.807) is 0 Å². The molecule has 0 aromatic rings. The molecule has 0 aliphatic rings. The Bertz CT molecular complexity index is 1250. The molecule has 3 atom stereocenters. The Hall–Kier alpha value is -2.59. The van der Waals surface area contributed by atoms with Crippen LogP contribution in [-0.2, 0) is 32.7 Å². The van der Waals surface area contributed by atoms with E-state index in [0.717, 1.165) is 77.0 Å². The van der Waals surface area contributed by atoms with Crippen LogP contribution in [0.15, 0.2) is 72.9 Å². The van der Waals surface area contributed by atoms with Crippen LogP contribution in [0.2, 0.25) is 0 Å². The smallest absolute Gasteiger partial charge is 0.472 e. The second kappa shape index (κ2) is 45.4. The summed E-state index contributed by atoms with van der Waals surface area (Å²) in [6.45, 7) is 3.72. The molecule has 0 aliphatic carbocycles. The number of unbranched alkanes of at least 4 members (excludes halogenated alkanes) is 19. The van der Waals surface area contributed by atoms with E-state index in [1.165, 1.54) is 89.9 Å². The summed E-state index contributed by atoms with van der Waals surface area (Å²) in [5.74, 6) is -1.81. The number of carboxylic acids is 1. The maximum atomic E-state index is 12.7. The molecule has 0 radical (unpaired) electrons. The van der Waals surface area contributed by atoms with E-state index in [1.807, 2.05) is 0 Å². The van der Waals surface area contributed by atoms with Crippen molar-refractivity contribution < 1.29 is 42.7 Å². The van der Waals surface area contributed by atoms with E-state index in [2.05, 4.69) is 86.8 Å². The average molecular weight is 878 g/mol. The standard InChI is InChI=1S/C50H88NO9P/c1-3-5-7-9-11-13-15-17-19-21-22-23-24-25-27-29-31-33-35-37-39-41-43-57-44-47(45-58-61(55,56)59-46-48(51)50(53)54)60-49(52)42-40-38-36-34-32-30-28-26-20-18-16-14-12-10-8-6-4-2/h6,8,12,14-15,17-18,20-22,28,30,47-48H,3-5,7,9-11,13,16,19,23-27,29,31-46,51H2,1-2H3,(H,53,54)(H,55,56)/b8-6-,14-12-,17-15-,20-18-,22-21-,30-28-. The summed E-state index contributed by atoms with van der Waals surface area (Å²) in [7, 11) is -4.63. The van der Waals surface area contributed by atoms with Crippen LogP contribution >= 0.6 is 7.82 Å². The second-order valence-corrected chi connectivity index (χ2v) is 17.3. The van der Waals surface area contributed by atoms with Crippen LogP contribution in [0, 0.1) is 0 Å². The Morgan fingerprint density at radius 2 is 0.951 bits per heavy atom. The summed E-state index contributed by atoms with van der Waals surface area (Å²) >= 11 is 0. The fourth-order valence-electron chi connectivity index (χ4n) is 6.27. The minimum absolute atomic E-state index is 0.00133. The van der Waals surface area contributed by atoms with Crippen molar-refractivity contribution in [2.45, 2.75) is 206 Å². The number of aliphatic carboxylic acids is 1. The number of phosphoric acid groups is 1. The molecule has 0 bridgehead atoms. The predicted octanol–water partition coefficient (Wildman–Crippen LogP) is 13.8. The van der Waals surface area contributed by atoms with Gasteiger partial charge in [-0.15, -0.1) is 0 Å². The molecule has 3 unspecified atom stereocenters. The van der Waals surface area contributed by atoms with Crippen molar-refractivity contribution in [1.82, 2.24) is 0 Å². The number of carbonyl (C=O) groups excluding carboxylic acids is 1. The number of carboxylic acid groups (broad SMARTS) is 1. The van der Waals surface area contributed by atoms with Gasteiger partial charge in [-0.3, -0.25) is 18.6 Å². The maximum Gasteiger partial charge on any atom is 0.472 e. The lowest BCUT2D eigenvalue weighted by Gasteiger charge is -2.20. The van der Waals surface area contributed by atoms with Crippen LogP contribution in [0.25, 0.3) is 0 Å². The van der Waals surface area contributed by atoms with Crippen molar-refractivity contribution in [3.63, 3.8) is 0 Å². The third-order valence-electron chi connectivity index (χ3n) is 9.97. The zero-order chi connectivity index (χ0) is 44.8. The number of allylic oxidation sites excluding steroid dienone is 12. The van der Waals surface area contributed by atoms with Gasteiger partial charge >= 0.3 is 19.8 Å². The van der Waals surface area contributed by atoms with Crippen LogP contribution in [0.1, 0.15) is 194 Å². The highest BCUT2D eigenvalue weighted by atomic mass is 31.2. The Labute approximate surface area is 372 Å². The summed E-state index contributed by atoms with van der Waals surface area (Å²) in [6, 6.07) is -1.48. The molecule has 10 nitrogen and oxygen atoms in total. The number of hydrogen-bond donors (Lipinski definition) is 3. The predicted molar refractivity (Wildman–Crippen MR) is 254 cm³/mol. The number of rotatable bonds is 45. The maximum absolute atomic E-state index is 12.7. The second-order valence-electron chi connectivity index (χ2n) is 15.9. The SMILES string of the molecule is CC/C=C\C/C=C\C/C=C\C/C=C\CCCCCCC(=O)OC(COCCCCCCCCCCCC/C=C\C/C=C\CCCCCCC)COP(=O)(O)OCC(N)C(=O)O. The normalized spacial score (nSPS) is 14.4. The Kier molecular flexibility index (Phi) is 43.5. The number of carbonyl (C=O) groups is 2. The Balaban J connectivity index is 4.22. The highest BCUT2D eigenvalue weighted by molar-refractivity contribution is 7.47. The number of nitrogens with two attached hydrogens (primary N) is 1. The highest BCUT2D eigenvalue weighted by Gasteiger charge is 2.27. The fraction of sp³-hybridized carbons (Fsp3) is 0.720. The number of hydrogen-bond acceptors (Lipinski definition) is 8. The van der Waals surface area contributed by atoms with Gasteiger partial charge in [0.25, 0.3) is 0 Å². The number of ether oxygens (including phenoxy) is 2. The summed E-state index contributed by atoms with van der Waals surface area (Å²) < 4.78 is 33.4. The van der Waals surface area contributed by atoms with Gasteiger partial charge in [-0.25, -0.2) is 4.57 Å². The monoisotopic (exact) mass is 878 g/mol. The quantitative estimate of drug-likeness (QED) is 0.0233. The van der Waals surface area contributed by atoms with Gasteiger partial charge in [0.1, 0.15) is 12.1 Å². The van der Waals surface area contributed by atoms with Gasteiger partial charge in [-0.05, 0) is 83.5 Å². The molecule has 0 saturated carbocycles. The van der Waals surface area contributed by atoms with Gasteiger partial charge in [0, 0.05) is 13.0 Å². The third-order valence-corrected chi connectivity index (χ3v) is 10.9. The van der Waals surface area contributed by atoms with Crippen molar-refractivity contribution in [3.8, 4) is 0 Å². The fourth-order valence-corrected chi connectivity index (χ4v) is 7.05. The van der Waals surface area contributed by atoms with Crippen LogP contribution in [0.5, 0.6) is 0 Å². The molecule has 352 valence electrons. The molecule has 4 N–H and O–H groups in total. The topological polar surface area (TPSA) is 155 Å². The van der Waals surface area contributed by atoms with E-state index < -0.39 is 45.1 Å². The molecule has 0 aliphatic heterocycles. The van der Waals surface area contributed by atoms with E-state index in [9.17, 15) is 19.0 Å². The number of esters is 1. The largest absolute Gasteiger partial charge is 0.480 e. The van der Waals surface area contributed by atoms with Crippen molar-refractivity contribution in [3.05, 3.63) is 72.9 Å². The molecule has 11 heteroatoms.